The van der Waals surface area contributed by atoms with Crippen LogP contribution in [0, 0.1) is 0 Å². The van der Waals surface area contributed by atoms with Gasteiger partial charge in [0, 0.05) is 23.9 Å². The minimum absolute atomic E-state index is 0.411. The number of aliphatic carboxylic acids is 2. The Morgan fingerprint density at radius 3 is 2.22 bits per heavy atom. The van der Waals surface area contributed by atoms with E-state index in [9.17, 15) is 14.4 Å². The second kappa shape index (κ2) is 10.8. The molecule has 0 bridgehead atoms. The Balaban J connectivity index is 0.000000515. The lowest BCUT2D eigenvalue weighted by Crippen LogP contribution is -2.23. The molecule has 1 unspecified atom stereocenters. The number of hydrogen-bond donors (Lipinski definition) is 5. The second-order valence-corrected chi connectivity index (χ2v) is 4.59. The molecule has 0 spiro atoms. The molecule has 8 nitrogen and oxygen atoms in total. The molecule has 1 rings (SSSR count). The molecule has 1 atom stereocenters. The van der Waals surface area contributed by atoms with E-state index in [0.29, 0.717) is 18.2 Å². The van der Waals surface area contributed by atoms with Crippen LogP contribution in [0.5, 0.6) is 0 Å². The Morgan fingerprint density at radius 2 is 1.78 bits per heavy atom. The monoisotopic (exact) mass is 323 g/mol. The van der Waals surface area contributed by atoms with E-state index in [-0.39, 0.29) is 0 Å². The van der Waals surface area contributed by atoms with Crippen LogP contribution in [0.25, 0.3) is 0 Å². The number of benzene rings is 1. The highest BCUT2D eigenvalue weighted by Crippen LogP contribution is 2.11. The molecule has 126 valence electrons. The van der Waals surface area contributed by atoms with Gasteiger partial charge >= 0.3 is 18.0 Å². The predicted octanol–water partition coefficient (Wildman–Crippen LogP) is 1.04. The van der Waals surface area contributed by atoms with Gasteiger partial charge in [-0.2, -0.15) is 0 Å². The maximum atomic E-state index is 10.7. The summed E-state index contributed by atoms with van der Waals surface area (Å²) in [6.45, 7) is 2.11. The molecule has 1 aromatic rings. The molecule has 0 aliphatic heterocycles. The number of carboxylic acids is 2. The van der Waals surface area contributed by atoms with Crippen LogP contribution in [0.2, 0.25) is 0 Å². The number of nitrogens with one attached hydrogen (secondary N) is 2. The van der Waals surface area contributed by atoms with Crippen LogP contribution in [-0.2, 0) is 16.0 Å². The quantitative estimate of drug-likeness (QED) is 0.495. The van der Waals surface area contributed by atoms with E-state index < -0.39 is 18.0 Å². The normalized spacial score (nSPS) is 11.2. The van der Waals surface area contributed by atoms with Crippen molar-refractivity contribution in [3.05, 3.63) is 42.0 Å². The lowest BCUT2D eigenvalue weighted by Gasteiger charge is -2.11. The van der Waals surface area contributed by atoms with E-state index in [0.717, 1.165) is 12.1 Å². The predicted molar refractivity (Wildman–Crippen MR) is 86.3 cm³/mol. The smallest absolute Gasteiger partial charge is 0.328 e. The zero-order valence-corrected chi connectivity index (χ0v) is 12.9. The number of carboxylic acid groups (broad SMARTS) is 2. The number of amides is 2. The summed E-state index contributed by atoms with van der Waals surface area (Å²) >= 11 is 0. The van der Waals surface area contributed by atoms with Crippen molar-refractivity contribution in [2.24, 2.45) is 5.73 Å². The molecule has 2 amide bonds. The minimum atomic E-state index is -1.26. The number of urea groups is 1. The SMILES string of the molecule is CNC(C)Cc1cccc(NC(N)=O)c1.O=C(O)/C=C\C(=O)O. The molecule has 6 N–H and O–H groups in total. The van der Waals surface area contributed by atoms with E-state index in [1.54, 1.807) is 0 Å². The van der Waals surface area contributed by atoms with Crippen LogP contribution in [0.3, 0.4) is 0 Å². The number of carbonyl (C=O) groups is 3. The summed E-state index contributed by atoms with van der Waals surface area (Å²) < 4.78 is 0. The van der Waals surface area contributed by atoms with Crippen LogP contribution in [-0.4, -0.2) is 41.3 Å². The number of carbonyl (C=O) groups excluding carboxylic acids is 1. The molecule has 23 heavy (non-hydrogen) atoms. The summed E-state index contributed by atoms with van der Waals surface area (Å²) in [6.07, 6.45) is 2.04. The molecule has 0 heterocycles. The molecule has 0 aromatic heterocycles. The first-order valence-corrected chi connectivity index (χ1v) is 6.71. The van der Waals surface area contributed by atoms with Crippen molar-refractivity contribution >= 4 is 23.7 Å². The molecule has 1 aromatic carbocycles. The van der Waals surface area contributed by atoms with E-state index in [1.165, 1.54) is 5.56 Å². The standard InChI is InChI=1S/C11H17N3O.C4H4O4/c1-8(13-2)6-9-4-3-5-10(7-9)14-11(12)15;5-3(6)1-2-4(7)8/h3-5,7-8,13H,6H2,1-2H3,(H3,12,14,15);1-2H,(H,5,6)(H,7,8)/b;2-1-. The fourth-order valence-corrected chi connectivity index (χ4v) is 1.52. The fourth-order valence-electron chi connectivity index (χ4n) is 1.52. The lowest BCUT2D eigenvalue weighted by atomic mass is 10.1. The van der Waals surface area contributed by atoms with Crippen molar-refractivity contribution in [2.75, 3.05) is 12.4 Å². The summed E-state index contributed by atoms with van der Waals surface area (Å²) in [5.41, 5.74) is 6.95. The van der Waals surface area contributed by atoms with Gasteiger partial charge in [-0.05, 0) is 38.1 Å². The van der Waals surface area contributed by atoms with Gasteiger partial charge in [-0.3, -0.25) is 0 Å². The highest BCUT2D eigenvalue weighted by Gasteiger charge is 2.02. The van der Waals surface area contributed by atoms with Crippen molar-refractivity contribution in [1.82, 2.24) is 5.32 Å². The third kappa shape index (κ3) is 11.5. The van der Waals surface area contributed by atoms with Gasteiger partial charge in [-0.1, -0.05) is 12.1 Å². The average Bonchev–Trinajstić information content (AvgIpc) is 2.45. The molecule has 8 heteroatoms. The second-order valence-electron chi connectivity index (χ2n) is 4.59. The van der Waals surface area contributed by atoms with Crippen LogP contribution < -0.4 is 16.4 Å². The number of likely N-dealkylation sites (N-methyl/N-ethyl adjacent to an activating group) is 1. The Morgan fingerprint density at radius 1 is 1.22 bits per heavy atom. The molecule has 0 aliphatic rings. The Bertz CT molecular complexity index is 556. The number of primary amides is 1. The first-order valence-electron chi connectivity index (χ1n) is 6.71. The number of hydrogen-bond acceptors (Lipinski definition) is 4. The van der Waals surface area contributed by atoms with E-state index >= 15 is 0 Å². The summed E-state index contributed by atoms with van der Waals surface area (Å²) in [6, 6.07) is 7.56. The molecular formula is C15H21N3O5. The van der Waals surface area contributed by atoms with Crippen molar-refractivity contribution < 1.29 is 24.6 Å². The van der Waals surface area contributed by atoms with Gasteiger partial charge in [-0.25, -0.2) is 14.4 Å². The zero-order chi connectivity index (χ0) is 17.8. The zero-order valence-electron chi connectivity index (χ0n) is 12.9. The minimum Gasteiger partial charge on any atom is -0.478 e. The van der Waals surface area contributed by atoms with Gasteiger partial charge in [0.1, 0.15) is 0 Å². The fraction of sp³-hybridized carbons (Fsp3) is 0.267. The van der Waals surface area contributed by atoms with Crippen molar-refractivity contribution in [3.63, 3.8) is 0 Å². The van der Waals surface area contributed by atoms with Gasteiger partial charge in [0.05, 0.1) is 0 Å². The average molecular weight is 323 g/mol. The van der Waals surface area contributed by atoms with Gasteiger partial charge in [0.15, 0.2) is 0 Å². The Kier molecular flexibility index (Phi) is 9.45. The summed E-state index contributed by atoms with van der Waals surface area (Å²) in [5, 5.41) is 21.3. The van der Waals surface area contributed by atoms with Crippen LogP contribution in [0.4, 0.5) is 10.5 Å². The lowest BCUT2D eigenvalue weighted by molar-refractivity contribution is -0.134. The van der Waals surface area contributed by atoms with E-state index in [4.69, 9.17) is 15.9 Å². The Hall–Kier alpha value is -2.87. The maximum Gasteiger partial charge on any atom is 0.328 e. The molecule has 0 aliphatic carbocycles. The number of anilines is 1. The topological polar surface area (TPSA) is 142 Å². The molecule has 0 radical (unpaired) electrons. The highest BCUT2D eigenvalue weighted by molar-refractivity contribution is 5.89. The third-order valence-corrected chi connectivity index (χ3v) is 2.60. The van der Waals surface area contributed by atoms with Crippen molar-refractivity contribution in [3.8, 4) is 0 Å². The largest absolute Gasteiger partial charge is 0.478 e. The van der Waals surface area contributed by atoms with Crippen molar-refractivity contribution in [1.29, 1.82) is 0 Å². The molecular weight excluding hydrogens is 302 g/mol. The molecule has 0 fully saturated rings. The van der Waals surface area contributed by atoms with E-state index in [2.05, 4.69) is 17.6 Å². The molecule has 0 saturated carbocycles. The van der Waals surface area contributed by atoms with Gasteiger partial charge in [0.2, 0.25) is 0 Å². The van der Waals surface area contributed by atoms with Gasteiger partial charge < -0.3 is 26.6 Å². The van der Waals surface area contributed by atoms with Gasteiger partial charge in [0.25, 0.3) is 0 Å². The summed E-state index contributed by atoms with van der Waals surface area (Å²) in [7, 11) is 1.93. The van der Waals surface area contributed by atoms with Gasteiger partial charge in [-0.15, -0.1) is 0 Å². The first-order chi connectivity index (χ1) is 10.7. The maximum absolute atomic E-state index is 10.7. The summed E-state index contributed by atoms with van der Waals surface area (Å²) in [5.74, 6) is -2.51. The number of rotatable bonds is 6. The first kappa shape index (κ1) is 20.1. The molecule has 0 saturated heterocycles. The Labute approximate surface area is 134 Å². The number of nitrogens with two attached hydrogens (primary N) is 1. The van der Waals surface area contributed by atoms with Crippen LogP contribution in [0.15, 0.2) is 36.4 Å². The van der Waals surface area contributed by atoms with Crippen molar-refractivity contribution in [2.45, 2.75) is 19.4 Å². The van der Waals surface area contributed by atoms with Crippen LogP contribution in [0.1, 0.15) is 12.5 Å². The van der Waals surface area contributed by atoms with E-state index in [1.807, 2.05) is 31.3 Å². The summed E-state index contributed by atoms with van der Waals surface area (Å²) in [4.78, 5) is 29.8. The third-order valence-electron chi connectivity index (χ3n) is 2.60. The highest BCUT2D eigenvalue weighted by atomic mass is 16.4. The van der Waals surface area contributed by atoms with Crippen LogP contribution >= 0.6 is 0 Å².